The van der Waals surface area contributed by atoms with Gasteiger partial charge in [-0.3, -0.25) is 14.4 Å². The number of carbonyl (C=O) groups excluding carboxylic acids is 3. The molecule has 0 radical (unpaired) electrons. The first-order valence-corrected chi connectivity index (χ1v) is 10.8. The van der Waals surface area contributed by atoms with E-state index in [1.807, 2.05) is 55.4 Å². The molecular weight excluding hydrogens is 420 g/mol. The van der Waals surface area contributed by atoms with Gasteiger partial charge in [-0.05, 0) is 88.3 Å². The van der Waals surface area contributed by atoms with Crippen molar-refractivity contribution in [2.24, 2.45) is 0 Å². The molecule has 0 amide bonds. The van der Waals surface area contributed by atoms with Gasteiger partial charge in [-0.1, -0.05) is 26.2 Å². The van der Waals surface area contributed by atoms with Crippen molar-refractivity contribution in [3.63, 3.8) is 0 Å². The van der Waals surface area contributed by atoms with Crippen molar-refractivity contribution >= 4 is 17.3 Å². The normalized spacial score (nSPS) is 11.3. The van der Waals surface area contributed by atoms with Crippen molar-refractivity contribution in [2.45, 2.75) is 101 Å². The Hall–Kier alpha value is -1.89. The molecule has 33 heavy (non-hydrogen) atoms. The quantitative estimate of drug-likeness (QED) is 0.360. The first-order chi connectivity index (χ1) is 14.4. The van der Waals surface area contributed by atoms with Gasteiger partial charge in [0, 0.05) is 5.57 Å². The zero-order chi connectivity index (χ0) is 26.0. The van der Waals surface area contributed by atoms with Crippen LogP contribution in [-0.2, 0) is 28.6 Å². The van der Waals surface area contributed by atoms with Gasteiger partial charge < -0.3 is 14.2 Å². The molecule has 0 fully saturated rings. The third kappa shape index (κ3) is 44.5. The summed E-state index contributed by atoms with van der Waals surface area (Å²) in [6.07, 6.45) is 6.66. The van der Waals surface area contributed by atoms with Gasteiger partial charge >= 0.3 is 0 Å². The van der Waals surface area contributed by atoms with Gasteiger partial charge in [0.1, 0.15) is 0 Å². The molecule has 0 aliphatic rings. The van der Waals surface area contributed by atoms with Gasteiger partial charge in [0.05, 0.1) is 37.1 Å². The number of rotatable bonds is 10. The lowest BCUT2D eigenvalue weighted by Crippen LogP contribution is -2.18. The van der Waals surface area contributed by atoms with Crippen LogP contribution in [0.3, 0.4) is 0 Å². The number of Topliss-reactive ketones (excluding diaryl/α,β-unsaturated/α-hetero) is 1. The molecule has 194 valence electrons. The molecule has 0 aliphatic carbocycles. The summed E-state index contributed by atoms with van der Waals surface area (Å²) in [4.78, 5) is 31.4. The third-order valence-electron chi connectivity index (χ3n) is 3.02. The number of ketones is 3. The molecular formula is C27H50O6. The first kappa shape index (κ1) is 38.4. The minimum absolute atomic E-state index is 0. The minimum Gasteiger partial charge on any atom is -0.374 e. The fourth-order valence-electron chi connectivity index (χ4n) is 1.39. The van der Waals surface area contributed by atoms with Crippen molar-refractivity contribution < 1.29 is 28.6 Å². The average molecular weight is 471 g/mol. The lowest BCUT2D eigenvalue weighted by molar-refractivity contribution is -0.114. The van der Waals surface area contributed by atoms with E-state index in [2.05, 4.69) is 6.58 Å². The Balaban J connectivity index is -0.000000189. The Labute approximate surface area is 203 Å². The SMILES string of the molecule is C.C=C(COC(C)C)C(C)=O.CC(=O)/C=C/COC(C)(C)C.CC(=O)/C=C/COC(C)(C)C. The molecule has 6 heteroatoms. The van der Waals surface area contributed by atoms with Gasteiger partial charge in [0.15, 0.2) is 17.3 Å². The first-order valence-electron chi connectivity index (χ1n) is 10.8. The molecule has 0 aromatic rings. The van der Waals surface area contributed by atoms with Crippen LogP contribution in [0.4, 0.5) is 0 Å². The molecule has 0 aromatic heterocycles. The molecule has 0 unspecified atom stereocenters. The molecule has 0 aromatic carbocycles. The zero-order valence-electron chi connectivity index (χ0n) is 22.2. The second-order valence-electron chi connectivity index (χ2n) is 9.39. The standard InChI is InChI=1S/2C9H16O2.C8H14O2.CH4/c2*1-8(10)6-5-7-11-9(2,3)4;1-6(2)10-5-7(3)8(4)9;/h2*5-6H,7H2,1-4H3;6H,3,5H2,1-2,4H3;1H4/b2*6-5+;;. The highest BCUT2D eigenvalue weighted by molar-refractivity contribution is 5.92. The summed E-state index contributed by atoms with van der Waals surface area (Å²) in [5.41, 5.74) is 0.288. The molecule has 0 rings (SSSR count). The Kier molecular flexibility index (Phi) is 24.1. The van der Waals surface area contributed by atoms with E-state index in [-0.39, 0.29) is 42.1 Å². The summed E-state index contributed by atoms with van der Waals surface area (Å²) in [5, 5.41) is 0. The van der Waals surface area contributed by atoms with Crippen LogP contribution in [0, 0.1) is 0 Å². The summed E-state index contributed by atoms with van der Waals surface area (Å²) in [6.45, 7) is 25.2. The maximum Gasteiger partial charge on any atom is 0.157 e. The van der Waals surface area contributed by atoms with Crippen LogP contribution in [-0.4, -0.2) is 54.5 Å². The molecule has 0 saturated carbocycles. The highest BCUT2D eigenvalue weighted by Gasteiger charge is 2.08. The molecule has 0 N–H and O–H groups in total. The zero-order valence-corrected chi connectivity index (χ0v) is 22.2. The topological polar surface area (TPSA) is 78.9 Å². The minimum atomic E-state index is -0.124. The van der Waals surface area contributed by atoms with Crippen molar-refractivity contribution in [3.05, 3.63) is 36.5 Å². The predicted octanol–water partition coefficient (Wildman–Crippen LogP) is 6.09. The predicted molar refractivity (Wildman–Crippen MR) is 139 cm³/mol. The van der Waals surface area contributed by atoms with E-state index >= 15 is 0 Å². The van der Waals surface area contributed by atoms with Crippen LogP contribution in [0.25, 0.3) is 0 Å². The van der Waals surface area contributed by atoms with Crippen molar-refractivity contribution in [2.75, 3.05) is 19.8 Å². The van der Waals surface area contributed by atoms with Crippen molar-refractivity contribution in [1.82, 2.24) is 0 Å². The van der Waals surface area contributed by atoms with Crippen LogP contribution < -0.4 is 0 Å². The summed E-state index contributed by atoms with van der Waals surface area (Å²) in [6, 6.07) is 0. The Morgan fingerprint density at radius 1 is 0.788 bits per heavy atom. The van der Waals surface area contributed by atoms with E-state index in [1.54, 1.807) is 12.2 Å². The number of hydrogen-bond acceptors (Lipinski definition) is 6. The Morgan fingerprint density at radius 3 is 1.33 bits per heavy atom. The highest BCUT2D eigenvalue weighted by Crippen LogP contribution is 2.06. The van der Waals surface area contributed by atoms with Crippen LogP contribution in [0.2, 0.25) is 0 Å². The molecule has 0 spiro atoms. The average Bonchev–Trinajstić information content (AvgIpc) is 2.59. The maximum atomic E-state index is 10.6. The van der Waals surface area contributed by atoms with Gasteiger partial charge in [-0.2, -0.15) is 0 Å². The van der Waals surface area contributed by atoms with Crippen LogP contribution in [0.5, 0.6) is 0 Å². The van der Waals surface area contributed by atoms with E-state index in [4.69, 9.17) is 14.2 Å². The molecule has 6 nitrogen and oxygen atoms in total. The number of hydrogen-bond donors (Lipinski definition) is 0. The lowest BCUT2D eigenvalue weighted by atomic mass is 10.2. The Morgan fingerprint density at radius 2 is 1.12 bits per heavy atom. The Bertz CT molecular complexity index is 576. The number of ether oxygens (including phenoxy) is 3. The van der Waals surface area contributed by atoms with Crippen molar-refractivity contribution in [1.29, 1.82) is 0 Å². The largest absolute Gasteiger partial charge is 0.374 e. The highest BCUT2D eigenvalue weighted by atomic mass is 16.5. The second-order valence-corrected chi connectivity index (χ2v) is 9.39. The van der Waals surface area contributed by atoms with Crippen molar-refractivity contribution in [3.8, 4) is 0 Å². The van der Waals surface area contributed by atoms with Crippen LogP contribution in [0.15, 0.2) is 36.5 Å². The second kappa shape index (κ2) is 20.7. The molecule has 0 aliphatic heterocycles. The van der Waals surface area contributed by atoms with E-state index in [9.17, 15) is 14.4 Å². The lowest BCUT2D eigenvalue weighted by Gasteiger charge is -2.17. The number of allylic oxidation sites excluding steroid dienone is 2. The van der Waals surface area contributed by atoms with Crippen LogP contribution in [0.1, 0.15) is 83.6 Å². The fourth-order valence-corrected chi connectivity index (χ4v) is 1.39. The summed E-state index contributed by atoms with van der Waals surface area (Å²) >= 11 is 0. The van der Waals surface area contributed by atoms with E-state index in [1.165, 1.54) is 32.9 Å². The molecule has 0 heterocycles. The van der Waals surface area contributed by atoms with Crippen LogP contribution >= 0.6 is 0 Å². The van der Waals surface area contributed by atoms with Gasteiger partial charge in [-0.15, -0.1) is 0 Å². The van der Waals surface area contributed by atoms with E-state index in [0.29, 0.717) is 25.4 Å². The smallest absolute Gasteiger partial charge is 0.157 e. The van der Waals surface area contributed by atoms with Gasteiger partial charge in [0.25, 0.3) is 0 Å². The fraction of sp³-hybridized carbons (Fsp3) is 0.667. The molecule has 0 bridgehead atoms. The maximum absolute atomic E-state index is 10.6. The summed E-state index contributed by atoms with van der Waals surface area (Å²) in [5.74, 6) is 0.116. The van der Waals surface area contributed by atoms with E-state index in [0.717, 1.165) is 0 Å². The van der Waals surface area contributed by atoms with E-state index < -0.39 is 0 Å². The number of carbonyl (C=O) groups is 3. The molecule has 0 atom stereocenters. The summed E-state index contributed by atoms with van der Waals surface area (Å²) in [7, 11) is 0. The molecule has 0 saturated heterocycles. The monoisotopic (exact) mass is 470 g/mol. The summed E-state index contributed by atoms with van der Waals surface area (Å²) < 4.78 is 15.8. The third-order valence-corrected chi connectivity index (χ3v) is 3.02. The van der Waals surface area contributed by atoms with Gasteiger partial charge in [-0.25, -0.2) is 0 Å². The van der Waals surface area contributed by atoms with Gasteiger partial charge in [0.2, 0.25) is 0 Å².